The predicted octanol–water partition coefficient (Wildman–Crippen LogP) is 3.74. The lowest BCUT2D eigenvalue weighted by molar-refractivity contribution is 0.0955. The summed E-state index contributed by atoms with van der Waals surface area (Å²) in [5.41, 5.74) is 2.36. The summed E-state index contributed by atoms with van der Waals surface area (Å²) in [5, 5.41) is 3.57. The zero-order chi connectivity index (χ0) is 16.8. The normalized spacial score (nSPS) is 10.5. The van der Waals surface area contributed by atoms with E-state index >= 15 is 0 Å². The van der Waals surface area contributed by atoms with Crippen molar-refractivity contribution in [2.75, 3.05) is 12.3 Å². The molecule has 122 valence electrons. The quantitative estimate of drug-likeness (QED) is 0.530. The van der Waals surface area contributed by atoms with Crippen molar-refractivity contribution >= 4 is 17.7 Å². The molecule has 0 aliphatic carbocycles. The van der Waals surface area contributed by atoms with Crippen LogP contribution in [0.4, 0.5) is 4.39 Å². The molecule has 0 radical (unpaired) electrons. The number of amides is 1. The summed E-state index contributed by atoms with van der Waals surface area (Å²) in [5.74, 6) is -0.0245. The molecule has 0 saturated heterocycles. The van der Waals surface area contributed by atoms with Crippen molar-refractivity contribution in [3.8, 4) is 11.3 Å². The molecule has 6 heteroatoms. The third kappa shape index (κ3) is 4.23. The van der Waals surface area contributed by atoms with Gasteiger partial charge in [-0.15, -0.1) is 0 Å². The number of rotatable bonds is 6. The maximum Gasteiger partial charge on any atom is 0.251 e. The topological polar surface area (TPSA) is 57.8 Å². The van der Waals surface area contributed by atoms with Crippen LogP contribution in [0.5, 0.6) is 0 Å². The molecule has 3 rings (SSSR count). The molecule has 0 unspecified atom stereocenters. The number of hydrogen-bond donors (Lipinski definition) is 2. The Labute approximate surface area is 143 Å². The van der Waals surface area contributed by atoms with Crippen LogP contribution < -0.4 is 5.32 Å². The van der Waals surface area contributed by atoms with Crippen LogP contribution in [0.1, 0.15) is 10.4 Å². The third-order valence-electron chi connectivity index (χ3n) is 3.35. The Balaban J connectivity index is 1.47. The molecule has 2 N–H and O–H groups in total. The van der Waals surface area contributed by atoms with Crippen molar-refractivity contribution in [3.05, 3.63) is 72.2 Å². The van der Waals surface area contributed by atoms with Crippen molar-refractivity contribution in [1.29, 1.82) is 0 Å². The van der Waals surface area contributed by atoms with Crippen LogP contribution >= 0.6 is 11.8 Å². The van der Waals surface area contributed by atoms with Gasteiger partial charge >= 0.3 is 0 Å². The largest absolute Gasteiger partial charge is 0.351 e. The molecular weight excluding hydrogens is 325 g/mol. The average Bonchev–Trinajstić information content (AvgIpc) is 3.08. The second-order valence-corrected chi connectivity index (χ2v) is 6.17. The van der Waals surface area contributed by atoms with E-state index in [1.807, 2.05) is 30.3 Å². The monoisotopic (exact) mass is 341 g/mol. The highest BCUT2D eigenvalue weighted by Gasteiger charge is 2.07. The minimum atomic E-state index is -0.416. The van der Waals surface area contributed by atoms with Gasteiger partial charge in [-0.2, -0.15) is 0 Å². The number of aromatic nitrogens is 2. The van der Waals surface area contributed by atoms with Crippen molar-refractivity contribution in [3.63, 3.8) is 0 Å². The molecule has 1 amide bonds. The maximum absolute atomic E-state index is 13.1. The second-order valence-electron chi connectivity index (χ2n) is 5.08. The Kier molecular flexibility index (Phi) is 5.28. The number of nitrogens with one attached hydrogen (secondary N) is 2. The molecule has 2 aromatic carbocycles. The smallest absolute Gasteiger partial charge is 0.251 e. The summed E-state index contributed by atoms with van der Waals surface area (Å²) in [7, 11) is 0. The molecule has 0 bridgehead atoms. The molecule has 0 saturated carbocycles. The first kappa shape index (κ1) is 16.3. The zero-order valence-electron chi connectivity index (χ0n) is 12.8. The number of halogens is 1. The lowest BCUT2D eigenvalue weighted by atomic mass is 10.2. The van der Waals surface area contributed by atoms with Gasteiger partial charge in [0, 0.05) is 17.9 Å². The van der Waals surface area contributed by atoms with Crippen molar-refractivity contribution in [2.45, 2.75) is 5.16 Å². The molecule has 0 fully saturated rings. The molecule has 0 atom stereocenters. The molecule has 0 aliphatic rings. The fourth-order valence-electron chi connectivity index (χ4n) is 2.18. The SMILES string of the molecule is O=C(NCCSc1ncc(-c2ccccc2)[nH]1)c1cccc(F)c1. The van der Waals surface area contributed by atoms with E-state index in [4.69, 9.17) is 0 Å². The molecular formula is C18H16FN3OS. The van der Waals surface area contributed by atoms with Crippen LogP contribution in [-0.4, -0.2) is 28.2 Å². The summed E-state index contributed by atoms with van der Waals surface area (Å²) in [6.45, 7) is 0.474. The fraction of sp³-hybridized carbons (Fsp3) is 0.111. The van der Waals surface area contributed by atoms with Crippen LogP contribution in [0.15, 0.2) is 66.0 Å². The standard InChI is InChI=1S/C18H16FN3OS/c19-15-8-4-7-14(11-15)17(23)20-9-10-24-18-21-12-16(22-18)13-5-2-1-3-6-13/h1-8,11-12H,9-10H2,(H,20,23)(H,21,22). The Morgan fingerprint density at radius 2 is 2.00 bits per heavy atom. The highest BCUT2D eigenvalue weighted by atomic mass is 32.2. The van der Waals surface area contributed by atoms with E-state index in [9.17, 15) is 9.18 Å². The van der Waals surface area contributed by atoms with E-state index in [2.05, 4.69) is 15.3 Å². The van der Waals surface area contributed by atoms with Gasteiger partial charge in [0.1, 0.15) is 5.82 Å². The average molecular weight is 341 g/mol. The molecule has 1 heterocycles. The minimum Gasteiger partial charge on any atom is -0.351 e. The first-order chi connectivity index (χ1) is 11.7. The molecule has 3 aromatic rings. The molecule has 1 aromatic heterocycles. The van der Waals surface area contributed by atoms with E-state index < -0.39 is 5.82 Å². The number of H-pyrrole nitrogens is 1. The summed E-state index contributed by atoms with van der Waals surface area (Å²) in [4.78, 5) is 19.5. The van der Waals surface area contributed by atoms with E-state index in [0.717, 1.165) is 16.4 Å². The highest BCUT2D eigenvalue weighted by molar-refractivity contribution is 7.99. The van der Waals surface area contributed by atoms with Crippen molar-refractivity contribution in [2.24, 2.45) is 0 Å². The van der Waals surface area contributed by atoms with E-state index in [1.54, 1.807) is 12.3 Å². The summed E-state index contributed by atoms with van der Waals surface area (Å²) in [6, 6.07) is 15.6. The third-order valence-corrected chi connectivity index (χ3v) is 4.24. The van der Waals surface area contributed by atoms with Crippen LogP contribution in [0.3, 0.4) is 0 Å². The number of carbonyl (C=O) groups excluding carboxylic acids is 1. The summed E-state index contributed by atoms with van der Waals surface area (Å²) in [6.07, 6.45) is 1.79. The lowest BCUT2D eigenvalue weighted by Crippen LogP contribution is -2.25. The Hall–Kier alpha value is -2.60. The van der Waals surface area contributed by atoms with Gasteiger partial charge in [-0.25, -0.2) is 9.37 Å². The van der Waals surface area contributed by atoms with Crippen molar-refractivity contribution in [1.82, 2.24) is 15.3 Å². The van der Waals surface area contributed by atoms with E-state index in [1.165, 1.54) is 30.0 Å². The van der Waals surface area contributed by atoms with Crippen LogP contribution in [0, 0.1) is 5.82 Å². The number of hydrogen-bond acceptors (Lipinski definition) is 3. The number of nitrogens with zero attached hydrogens (tertiary/aromatic N) is 1. The second kappa shape index (κ2) is 7.79. The maximum atomic E-state index is 13.1. The molecule has 24 heavy (non-hydrogen) atoms. The van der Waals surface area contributed by atoms with Crippen molar-refractivity contribution < 1.29 is 9.18 Å². The van der Waals surface area contributed by atoms with Gasteiger partial charge in [0.05, 0.1) is 11.9 Å². The molecule has 0 aliphatic heterocycles. The van der Waals surface area contributed by atoms with Gasteiger partial charge in [-0.05, 0) is 23.8 Å². The predicted molar refractivity (Wildman–Crippen MR) is 93.5 cm³/mol. The number of imidazole rings is 1. The lowest BCUT2D eigenvalue weighted by Gasteiger charge is -2.04. The summed E-state index contributed by atoms with van der Waals surface area (Å²) < 4.78 is 13.1. The van der Waals surface area contributed by atoms with Gasteiger partial charge in [-0.3, -0.25) is 4.79 Å². The van der Waals surface area contributed by atoms with Crippen LogP contribution in [0.2, 0.25) is 0 Å². The van der Waals surface area contributed by atoms with Gasteiger partial charge in [0.25, 0.3) is 5.91 Å². The van der Waals surface area contributed by atoms with Gasteiger partial charge in [0.15, 0.2) is 5.16 Å². The highest BCUT2D eigenvalue weighted by Crippen LogP contribution is 2.20. The fourth-order valence-corrected chi connectivity index (χ4v) is 2.89. The number of thioether (sulfide) groups is 1. The van der Waals surface area contributed by atoms with Crippen LogP contribution in [-0.2, 0) is 0 Å². The minimum absolute atomic E-state index is 0.278. The molecule has 4 nitrogen and oxygen atoms in total. The zero-order valence-corrected chi connectivity index (χ0v) is 13.6. The first-order valence-corrected chi connectivity index (χ1v) is 8.48. The molecule has 0 spiro atoms. The van der Waals surface area contributed by atoms with E-state index in [-0.39, 0.29) is 5.91 Å². The summed E-state index contributed by atoms with van der Waals surface area (Å²) >= 11 is 1.52. The van der Waals surface area contributed by atoms with Crippen LogP contribution in [0.25, 0.3) is 11.3 Å². The number of carbonyl (C=O) groups is 1. The number of aromatic amines is 1. The van der Waals surface area contributed by atoms with E-state index in [0.29, 0.717) is 17.9 Å². The Bertz CT molecular complexity index is 820. The number of benzene rings is 2. The van der Waals surface area contributed by atoms with Gasteiger partial charge in [-0.1, -0.05) is 48.2 Å². The Morgan fingerprint density at radius 1 is 1.17 bits per heavy atom. The van der Waals surface area contributed by atoms with Gasteiger partial charge < -0.3 is 10.3 Å². The Morgan fingerprint density at radius 3 is 2.79 bits per heavy atom. The first-order valence-electron chi connectivity index (χ1n) is 7.49. The van der Waals surface area contributed by atoms with Gasteiger partial charge in [0.2, 0.25) is 0 Å².